The number of unbranched alkanes of at least 4 members (excludes halogenated alkanes) is 1. The molecule has 2 heterocycles. The molecule has 0 aliphatic carbocycles. The monoisotopic (exact) mass is 385 g/mol. The topological polar surface area (TPSA) is 68.5 Å². The quantitative estimate of drug-likeness (QED) is 0.661. The molecule has 1 aromatic heterocycles. The van der Waals surface area contributed by atoms with E-state index in [1.165, 1.54) is 0 Å². The zero-order chi connectivity index (χ0) is 19.9. The molecule has 0 radical (unpaired) electrons. The van der Waals surface area contributed by atoms with E-state index in [4.69, 9.17) is 9.26 Å². The van der Waals surface area contributed by atoms with Crippen LogP contribution in [0.4, 0.5) is 0 Å². The maximum Gasteiger partial charge on any atom is 0.231 e. The van der Waals surface area contributed by atoms with Crippen LogP contribution in [0, 0.1) is 5.92 Å². The fourth-order valence-corrected chi connectivity index (χ4v) is 3.87. The van der Waals surface area contributed by atoms with Crippen LogP contribution in [0.2, 0.25) is 0 Å². The smallest absolute Gasteiger partial charge is 0.231 e. The van der Waals surface area contributed by atoms with E-state index in [9.17, 15) is 4.79 Å². The Kier molecular flexibility index (Phi) is 7.06. The number of ether oxygens (including phenoxy) is 1. The molecule has 152 valence electrons. The predicted molar refractivity (Wildman–Crippen MR) is 108 cm³/mol. The van der Waals surface area contributed by atoms with Crippen LogP contribution in [0.3, 0.4) is 0 Å². The van der Waals surface area contributed by atoms with Crippen LogP contribution < -0.4 is 4.74 Å². The molecular formula is C22H31N3O3. The molecule has 0 spiro atoms. The molecule has 0 N–H and O–H groups in total. The number of methoxy groups -OCH3 is 1. The van der Waals surface area contributed by atoms with Gasteiger partial charge in [-0.05, 0) is 37.8 Å². The first-order valence-corrected chi connectivity index (χ1v) is 10.4. The highest BCUT2D eigenvalue weighted by atomic mass is 16.5. The molecule has 6 heteroatoms. The van der Waals surface area contributed by atoms with E-state index < -0.39 is 0 Å². The molecule has 28 heavy (non-hydrogen) atoms. The minimum atomic E-state index is 0.105. The van der Waals surface area contributed by atoms with Crippen LogP contribution in [0.15, 0.2) is 28.8 Å². The largest absolute Gasteiger partial charge is 0.497 e. The number of carbonyl (C=O) groups is 1. The van der Waals surface area contributed by atoms with Crippen molar-refractivity contribution in [3.05, 3.63) is 30.2 Å². The van der Waals surface area contributed by atoms with Gasteiger partial charge in [0.05, 0.1) is 13.0 Å². The van der Waals surface area contributed by atoms with E-state index >= 15 is 0 Å². The van der Waals surface area contributed by atoms with Gasteiger partial charge in [0.15, 0.2) is 0 Å². The van der Waals surface area contributed by atoms with Crippen molar-refractivity contribution in [3.8, 4) is 17.1 Å². The molecule has 6 nitrogen and oxygen atoms in total. The zero-order valence-electron chi connectivity index (χ0n) is 17.2. The Hall–Kier alpha value is -2.37. The van der Waals surface area contributed by atoms with Crippen LogP contribution in [0.5, 0.6) is 5.75 Å². The number of nitrogens with zero attached hydrogens (tertiary/aromatic N) is 3. The summed E-state index contributed by atoms with van der Waals surface area (Å²) >= 11 is 0. The summed E-state index contributed by atoms with van der Waals surface area (Å²) in [6.45, 7) is 5.78. The molecule has 1 saturated heterocycles. The fraction of sp³-hybridized carbons (Fsp3) is 0.591. The van der Waals surface area contributed by atoms with Crippen molar-refractivity contribution in [1.82, 2.24) is 15.0 Å². The van der Waals surface area contributed by atoms with E-state index in [0.717, 1.165) is 56.4 Å². The van der Waals surface area contributed by atoms with Gasteiger partial charge < -0.3 is 14.2 Å². The Morgan fingerprint density at radius 3 is 3.00 bits per heavy atom. The molecule has 1 aromatic carbocycles. The maximum absolute atomic E-state index is 13.0. The van der Waals surface area contributed by atoms with E-state index in [-0.39, 0.29) is 17.7 Å². The van der Waals surface area contributed by atoms with Crippen LogP contribution in [0.25, 0.3) is 11.4 Å². The fourth-order valence-electron chi connectivity index (χ4n) is 3.87. The molecule has 1 fully saturated rings. The number of amides is 1. The Morgan fingerprint density at radius 1 is 1.39 bits per heavy atom. The number of hydrogen-bond donors (Lipinski definition) is 0. The van der Waals surface area contributed by atoms with Crippen LogP contribution in [-0.2, 0) is 4.79 Å². The molecule has 1 amide bonds. The number of benzene rings is 1. The second-order valence-electron chi connectivity index (χ2n) is 7.56. The Bertz CT molecular complexity index is 774. The van der Waals surface area contributed by atoms with Crippen molar-refractivity contribution in [2.45, 2.75) is 58.3 Å². The lowest BCUT2D eigenvalue weighted by Gasteiger charge is -2.33. The van der Waals surface area contributed by atoms with Crippen LogP contribution in [0.1, 0.15) is 64.2 Å². The molecule has 0 saturated carbocycles. The lowest BCUT2D eigenvalue weighted by atomic mass is 9.93. The van der Waals surface area contributed by atoms with Gasteiger partial charge >= 0.3 is 0 Å². The lowest BCUT2D eigenvalue weighted by Crippen LogP contribution is -2.42. The van der Waals surface area contributed by atoms with Crippen molar-refractivity contribution < 1.29 is 14.1 Å². The third-order valence-corrected chi connectivity index (χ3v) is 5.60. The summed E-state index contributed by atoms with van der Waals surface area (Å²) in [5.74, 6) is 2.47. The molecule has 2 unspecified atom stereocenters. The van der Waals surface area contributed by atoms with Crippen molar-refractivity contribution >= 4 is 5.91 Å². The molecule has 1 aliphatic heterocycles. The predicted octanol–water partition coefficient (Wildman–Crippen LogP) is 4.67. The van der Waals surface area contributed by atoms with Crippen molar-refractivity contribution in [1.29, 1.82) is 0 Å². The maximum atomic E-state index is 13.0. The highest BCUT2D eigenvalue weighted by molar-refractivity contribution is 5.79. The summed E-state index contributed by atoms with van der Waals surface area (Å²) in [5, 5.41) is 4.15. The van der Waals surface area contributed by atoms with Gasteiger partial charge in [-0.15, -0.1) is 0 Å². The molecule has 2 atom stereocenters. The van der Waals surface area contributed by atoms with Crippen molar-refractivity contribution in [2.24, 2.45) is 5.92 Å². The number of likely N-dealkylation sites (tertiary alicyclic amines) is 1. The van der Waals surface area contributed by atoms with Gasteiger partial charge in [0.25, 0.3) is 0 Å². The van der Waals surface area contributed by atoms with Gasteiger partial charge in [-0.2, -0.15) is 4.98 Å². The molecule has 2 aromatic rings. The van der Waals surface area contributed by atoms with E-state index in [2.05, 4.69) is 24.0 Å². The first-order chi connectivity index (χ1) is 13.7. The number of hydrogen-bond acceptors (Lipinski definition) is 5. The second kappa shape index (κ2) is 9.71. The number of carbonyl (C=O) groups excluding carboxylic acids is 1. The first kappa shape index (κ1) is 20.4. The molecule has 3 rings (SSSR count). The number of aromatic nitrogens is 2. The summed E-state index contributed by atoms with van der Waals surface area (Å²) < 4.78 is 10.8. The third kappa shape index (κ3) is 4.72. The summed E-state index contributed by atoms with van der Waals surface area (Å²) in [6, 6.07) is 7.63. The number of rotatable bonds is 8. The summed E-state index contributed by atoms with van der Waals surface area (Å²) in [7, 11) is 1.64. The van der Waals surface area contributed by atoms with Gasteiger partial charge in [-0.25, -0.2) is 0 Å². The van der Waals surface area contributed by atoms with Crippen molar-refractivity contribution in [3.63, 3.8) is 0 Å². The standard InChI is InChI=1S/C22H31N3O3/c1-4-6-9-16(5-2)22(26)25-13-8-11-18(15-25)21-23-20(24-28-21)17-10-7-12-19(14-17)27-3/h7,10,12,14,16,18H,4-6,8-9,11,13,15H2,1-3H3. The summed E-state index contributed by atoms with van der Waals surface area (Å²) in [6.07, 6.45) is 6.05. The van der Waals surface area contributed by atoms with Gasteiger partial charge in [-0.1, -0.05) is 44.0 Å². The van der Waals surface area contributed by atoms with Gasteiger partial charge in [0.1, 0.15) is 5.75 Å². The average Bonchev–Trinajstić information content (AvgIpc) is 3.24. The summed E-state index contributed by atoms with van der Waals surface area (Å²) in [4.78, 5) is 19.6. The van der Waals surface area contributed by atoms with Gasteiger partial charge in [0.2, 0.25) is 17.6 Å². The Balaban J connectivity index is 1.69. The van der Waals surface area contributed by atoms with E-state index in [1.54, 1.807) is 7.11 Å². The van der Waals surface area contributed by atoms with E-state index in [0.29, 0.717) is 18.3 Å². The molecular weight excluding hydrogens is 354 g/mol. The molecule has 0 bridgehead atoms. The normalized spacial score (nSPS) is 18.1. The third-order valence-electron chi connectivity index (χ3n) is 5.60. The van der Waals surface area contributed by atoms with Gasteiger partial charge in [0, 0.05) is 24.6 Å². The van der Waals surface area contributed by atoms with Crippen molar-refractivity contribution in [2.75, 3.05) is 20.2 Å². The second-order valence-corrected chi connectivity index (χ2v) is 7.56. The van der Waals surface area contributed by atoms with Crippen LogP contribution in [-0.4, -0.2) is 41.1 Å². The lowest BCUT2D eigenvalue weighted by molar-refractivity contribution is -0.137. The molecule has 1 aliphatic rings. The number of piperidine rings is 1. The minimum Gasteiger partial charge on any atom is -0.497 e. The summed E-state index contributed by atoms with van der Waals surface area (Å²) in [5.41, 5.74) is 0.865. The Morgan fingerprint density at radius 2 is 2.25 bits per heavy atom. The Labute approximate surface area is 167 Å². The van der Waals surface area contributed by atoms with E-state index in [1.807, 2.05) is 29.2 Å². The SMILES string of the molecule is CCCCC(CC)C(=O)N1CCCC(c2nc(-c3cccc(OC)c3)no2)C1. The zero-order valence-corrected chi connectivity index (χ0v) is 17.2. The highest BCUT2D eigenvalue weighted by Gasteiger charge is 2.31. The van der Waals surface area contributed by atoms with Crippen LogP contribution >= 0.6 is 0 Å². The average molecular weight is 386 g/mol. The van der Waals surface area contributed by atoms with Gasteiger partial charge in [-0.3, -0.25) is 4.79 Å². The first-order valence-electron chi connectivity index (χ1n) is 10.4. The minimum absolute atomic E-state index is 0.105. The highest BCUT2D eigenvalue weighted by Crippen LogP contribution is 2.30.